The van der Waals surface area contributed by atoms with Crippen molar-refractivity contribution < 1.29 is 5.11 Å². The van der Waals surface area contributed by atoms with Crippen LogP contribution in [0.3, 0.4) is 0 Å². The van der Waals surface area contributed by atoms with Gasteiger partial charge in [0.15, 0.2) is 0 Å². The van der Waals surface area contributed by atoms with Crippen LogP contribution >= 0.6 is 11.3 Å². The molecule has 3 nitrogen and oxygen atoms in total. The zero-order valence-corrected chi connectivity index (χ0v) is 9.96. The van der Waals surface area contributed by atoms with E-state index in [1.54, 1.807) is 0 Å². The Hall–Kier alpha value is -0.450. The van der Waals surface area contributed by atoms with Gasteiger partial charge in [-0.3, -0.25) is 0 Å². The van der Waals surface area contributed by atoms with Gasteiger partial charge in [0.25, 0.3) is 0 Å². The fourth-order valence-electron chi connectivity index (χ4n) is 2.16. The fraction of sp³-hybridized carbons (Fsp3) is 0.727. The third-order valence-corrected chi connectivity index (χ3v) is 3.99. The van der Waals surface area contributed by atoms with Crippen molar-refractivity contribution in [2.75, 3.05) is 26.2 Å². The normalized spacial score (nSPS) is 23.2. The Labute approximate surface area is 94.8 Å². The van der Waals surface area contributed by atoms with E-state index in [0.717, 1.165) is 19.6 Å². The molecule has 0 radical (unpaired) electrons. The molecule has 1 saturated heterocycles. The fourth-order valence-corrected chi connectivity index (χ4v) is 3.06. The zero-order valence-electron chi connectivity index (χ0n) is 9.15. The van der Waals surface area contributed by atoms with Crippen molar-refractivity contribution >= 4 is 11.3 Å². The predicted octanol–water partition coefficient (Wildman–Crippen LogP) is 1.62. The van der Waals surface area contributed by atoms with Crippen LogP contribution in [0.5, 0.6) is 0 Å². The second-order valence-corrected chi connectivity index (χ2v) is 5.44. The van der Waals surface area contributed by atoms with Crippen molar-refractivity contribution in [3.05, 3.63) is 16.1 Å². The molecule has 0 amide bonds. The minimum absolute atomic E-state index is 0.267. The number of thiazole rings is 1. The van der Waals surface area contributed by atoms with Crippen LogP contribution in [0.15, 0.2) is 6.20 Å². The van der Waals surface area contributed by atoms with Gasteiger partial charge in [-0.15, -0.1) is 11.3 Å². The van der Waals surface area contributed by atoms with Crippen molar-refractivity contribution in [2.24, 2.45) is 0 Å². The first-order valence-electron chi connectivity index (χ1n) is 5.55. The summed E-state index contributed by atoms with van der Waals surface area (Å²) in [6, 6.07) is 0. The van der Waals surface area contributed by atoms with E-state index in [2.05, 4.69) is 16.8 Å². The highest BCUT2D eigenvalue weighted by atomic mass is 32.1. The van der Waals surface area contributed by atoms with Gasteiger partial charge < -0.3 is 10.0 Å². The summed E-state index contributed by atoms with van der Waals surface area (Å²) in [5.74, 6) is 0.587. The van der Waals surface area contributed by atoms with Crippen LogP contribution in [-0.2, 0) is 0 Å². The number of hydrogen-bond donors (Lipinski definition) is 1. The number of aliphatic hydroxyl groups excluding tert-OH is 1. The molecule has 1 fully saturated rings. The molecule has 1 aromatic rings. The molecular formula is C11H18N2OS. The first-order chi connectivity index (χ1) is 7.29. The number of piperidine rings is 1. The van der Waals surface area contributed by atoms with Gasteiger partial charge in [0, 0.05) is 30.1 Å². The summed E-state index contributed by atoms with van der Waals surface area (Å²) in [5.41, 5.74) is 0. The topological polar surface area (TPSA) is 36.4 Å². The molecule has 1 aromatic heterocycles. The molecule has 1 aliphatic rings. The summed E-state index contributed by atoms with van der Waals surface area (Å²) in [5, 5.41) is 10.2. The lowest BCUT2D eigenvalue weighted by atomic mass is 9.99. The average Bonchev–Trinajstić information content (AvgIpc) is 2.66. The number of rotatable bonds is 3. The number of hydrogen-bond acceptors (Lipinski definition) is 4. The van der Waals surface area contributed by atoms with E-state index >= 15 is 0 Å². The standard InChI is InChI=1S/C11H18N2OS/c1-9-7-12-11(15-9)10-3-2-4-13(8-10)5-6-14/h7,10,14H,2-6,8H2,1H3. The van der Waals surface area contributed by atoms with Crippen LogP contribution < -0.4 is 0 Å². The summed E-state index contributed by atoms with van der Waals surface area (Å²) in [4.78, 5) is 8.10. The molecule has 4 heteroatoms. The van der Waals surface area contributed by atoms with Gasteiger partial charge in [-0.25, -0.2) is 4.98 Å². The summed E-state index contributed by atoms with van der Waals surface area (Å²) < 4.78 is 0. The first kappa shape index (κ1) is 11.0. The van der Waals surface area contributed by atoms with Crippen LogP contribution in [0.4, 0.5) is 0 Å². The Bertz CT molecular complexity index is 311. The largest absolute Gasteiger partial charge is 0.395 e. The molecular weight excluding hydrogens is 208 g/mol. The number of nitrogens with zero attached hydrogens (tertiary/aromatic N) is 2. The molecule has 15 heavy (non-hydrogen) atoms. The first-order valence-corrected chi connectivity index (χ1v) is 6.37. The minimum Gasteiger partial charge on any atom is -0.395 e. The molecule has 1 unspecified atom stereocenters. The maximum atomic E-state index is 8.92. The van der Waals surface area contributed by atoms with E-state index in [1.807, 2.05) is 17.5 Å². The van der Waals surface area contributed by atoms with Gasteiger partial charge >= 0.3 is 0 Å². The Kier molecular flexibility index (Phi) is 3.72. The Morgan fingerprint density at radius 1 is 1.67 bits per heavy atom. The number of aliphatic hydroxyl groups is 1. The third kappa shape index (κ3) is 2.77. The van der Waals surface area contributed by atoms with Gasteiger partial charge in [0.05, 0.1) is 11.6 Å². The Balaban J connectivity index is 1.98. The molecule has 0 spiro atoms. The van der Waals surface area contributed by atoms with Gasteiger partial charge in [-0.2, -0.15) is 0 Å². The highest BCUT2D eigenvalue weighted by molar-refractivity contribution is 7.11. The lowest BCUT2D eigenvalue weighted by molar-refractivity contribution is 0.161. The zero-order chi connectivity index (χ0) is 10.7. The second-order valence-electron chi connectivity index (χ2n) is 4.17. The summed E-state index contributed by atoms with van der Waals surface area (Å²) in [6.45, 7) is 5.37. The number of likely N-dealkylation sites (tertiary alicyclic amines) is 1. The van der Waals surface area contributed by atoms with Crippen molar-refractivity contribution in [1.29, 1.82) is 0 Å². The van der Waals surface area contributed by atoms with E-state index in [4.69, 9.17) is 5.11 Å². The molecule has 0 saturated carbocycles. The molecule has 84 valence electrons. The number of β-amino-alcohol motifs (C(OH)–C–C–N with tert-alkyl or cyclic N) is 1. The van der Waals surface area contributed by atoms with Gasteiger partial charge in [-0.1, -0.05) is 0 Å². The summed E-state index contributed by atoms with van der Waals surface area (Å²) in [7, 11) is 0. The minimum atomic E-state index is 0.267. The second kappa shape index (κ2) is 5.05. The molecule has 0 aliphatic carbocycles. The lowest BCUT2D eigenvalue weighted by Gasteiger charge is -2.31. The molecule has 0 bridgehead atoms. The van der Waals surface area contributed by atoms with E-state index in [1.165, 1.54) is 22.7 Å². The average molecular weight is 226 g/mol. The van der Waals surface area contributed by atoms with E-state index in [-0.39, 0.29) is 6.61 Å². The van der Waals surface area contributed by atoms with Crippen molar-refractivity contribution in [2.45, 2.75) is 25.7 Å². The van der Waals surface area contributed by atoms with Crippen LogP contribution in [0.2, 0.25) is 0 Å². The van der Waals surface area contributed by atoms with E-state index < -0.39 is 0 Å². The summed E-state index contributed by atoms with van der Waals surface area (Å²) in [6.07, 6.45) is 4.43. The molecule has 1 aliphatic heterocycles. The lowest BCUT2D eigenvalue weighted by Crippen LogP contribution is -2.36. The van der Waals surface area contributed by atoms with Crippen LogP contribution in [-0.4, -0.2) is 41.2 Å². The monoisotopic (exact) mass is 226 g/mol. The molecule has 1 atom stereocenters. The van der Waals surface area contributed by atoms with E-state index in [9.17, 15) is 0 Å². The van der Waals surface area contributed by atoms with Crippen molar-refractivity contribution in [3.8, 4) is 0 Å². The SMILES string of the molecule is Cc1cnc(C2CCCN(CCO)C2)s1. The molecule has 2 heterocycles. The van der Waals surface area contributed by atoms with Gasteiger partial charge in [0.2, 0.25) is 0 Å². The van der Waals surface area contributed by atoms with Crippen LogP contribution in [0.25, 0.3) is 0 Å². The highest BCUT2D eigenvalue weighted by Crippen LogP contribution is 2.29. The molecule has 1 N–H and O–H groups in total. The van der Waals surface area contributed by atoms with Crippen LogP contribution in [0.1, 0.15) is 28.6 Å². The van der Waals surface area contributed by atoms with E-state index in [0.29, 0.717) is 5.92 Å². The predicted molar refractivity (Wildman–Crippen MR) is 62.4 cm³/mol. The van der Waals surface area contributed by atoms with Crippen molar-refractivity contribution in [3.63, 3.8) is 0 Å². The van der Waals surface area contributed by atoms with Crippen LogP contribution in [0, 0.1) is 6.92 Å². The molecule has 0 aromatic carbocycles. The van der Waals surface area contributed by atoms with Crippen molar-refractivity contribution in [1.82, 2.24) is 9.88 Å². The number of aromatic nitrogens is 1. The smallest absolute Gasteiger partial charge is 0.0971 e. The Morgan fingerprint density at radius 3 is 3.20 bits per heavy atom. The van der Waals surface area contributed by atoms with Gasteiger partial charge in [0.1, 0.15) is 0 Å². The highest BCUT2D eigenvalue weighted by Gasteiger charge is 2.22. The number of aryl methyl sites for hydroxylation is 1. The quantitative estimate of drug-likeness (QED) is 0.851. The molecule has 2 rings (SSSR count). The third-order valence-electron chi connectivity index (χ3n) is 2.91. The maximum Gasteiger partial charge on any atom is 0.0971 e. The summed E-state index contributed by atoms with van der Waals surface area (Å²) >= 11 is 1.81. The maximum absolute atomic E-state index is 8.92. The van der Waals surface area contributed by atoms with Gasteiger partial charge in [-0.05, 0) is 26.3 Å². The Morgan fingerprint density at radius 2 is 2.53 bits per heavy atom.